The van der Waals surface area contributed by atoms with E-state index in [1.165, 1.54) is 0 Å². The summed E-state index contributed by atoms with van der Waals surface area (Å²) in [6.45, 7) is 9.17. The molecular weight excluding hydrogens is 292 g/mol. The van der Waals surface area contributed by atoms with Gasteiger partial charge in [0.15, 0.2) is 0 Å². The molecule has 1 amide bonds. The van der Waals surface area contributed by atoms with Crippen LogP contribution in [0.3, 0.4) is 0 Å². The second-order valence-corrected chi connectivity index (χ2v) is 7.88. The summed E-state index contributed by atoms with van der Waals surface area (Å²) in [6.07, 6.45) is 5.17. The number of nitrogens with zero attached hydrogens (tertiary/aromatic N) is 2. The molecule has 0 unspecified atom stereocenters. The monoisotopic (exact) mass is 322 g/mol. The fourth-order valence-corrected chi connectivity index (χ4v) is 4.54. The lowest BCUT2D eigenvalue weighted by Gasteiger charge is -2.32. The van der Waals surface area contributed by atoms with Gasteiger partial charge in [-0.3, -0.25) is 9.59 Å². The van der Waals surface area contributed by atoms with Gasteiger partial charge < -0.3 is 14.5 Å². The van der Waals surface area contributed by atoms with E-state index < -0.39 is 5.60 Å². The molecule has 1 spiro atoms. The molecule has 0 aromatic carbocycles. The van der Waals surface area contributed by atoms with Crippen LogP contribution in [0.4, 0.5) is 0 Å². The van der Waals surface area contributed by atoms with E-state index in [1.807, 2.05) is 4.90 Å². The average molecular weight is 322 g/mol. The van der Waals surface area contributed by atoms with Crippen molar-refractivity contribution in [2.24, 2.45) is 11.8 Å². The van der Waals surface area contributed by atoms with Crippen molar-refractivity contribution >= 4 is 11.9 Å². The van der Waals surface area contributed by atoms with Crippen molar-refractivity contribution in [1.82, 2.24) is 9.80 Å². The van der Waals surface area contributed by atoms with Gasteiger partial charge in [-0.15, -0.1) is 0 Å². The Morgan fingerprint density at radius 3 is 2.61 bits per heavy atom. The molecule has 3 aliphatic rings. The molecule has 2 aliphatic heterocycles. The molecule has 1 saturated carbocycles. The van der Waals surface area contributed by atoms with E-state index in [0.717, 1.165) is 64.8 Å². The standard InChI is InChI=1S/C18H30N2O3/c1-14(2)13-19-8-5-9-20(11-10-19)17(22)15-12-16(21)23-18(15)6-3-4-7-18/h14-15H,3-13H2,1-2H3/t15-/m0/s1. The molecule has 0 radical (unpaired) electrons. The Hall–Kier alpha value is -1.10. The third-order valence-electron chi connectivity index (χ3n) is 5.59. The Bertz CT molecular complexity index is 457. The zero-order valence-electron chi connectivity index (χ0n) is 14.6. The molecular formula is C18H30N2O3. The van der Waals surface area contributed by atoms with Crippen LogP contribution in [0, 0.1) is 11.8 Å². The molecule has 5 nitrogen and oxygen atoms in total. The van der Waals surface area contributed by atoms with Crippen molar-refractivity contribution < 1.29 is 14.3 Å². The quantitative estimate of drug-likeness (QED) is 0.746. The van der Waals surface area contributed by atoms with Gasteiger partial charge in [-0.1, -0.05) is 13.8 Å². The third-order valence-corrected chi connectivity index (χ3v) is 5.59. The van der Waals surface area contributed by atoms with Crippen LogP contribution in [0.2, 0.25) is 0 Å². The van der Waals surface area contributed by atoms with E-state index in [1.54, 1.807) is 0 Å². The van der Waals surface area contributed by atoms with E-state index in [4.69, 9.17) is 4.74 Å². The van der Waals surface area contributed by atoms with Gasteiger partial charge in [0.25, 0.3) is 0 Å². The lowest BCUT2D eigenvalue weighted by Crippen LogP contribution is -2.46. The number of carbonyl (C=O) groups excluding carboxylic acids is 2. The van der Waals surface area contributed by atoms with Crippen LogP contribution in [-0.2, 0) is 14.3 Å². The predicted molar refractivity (Wildman–Crippen MR) is 87.9 cm³/mol. The van der Waals surface area contributed by atoms with Crippen LogP contribution < -0.4 is 0 Å². The molecule has 5 heteroatoms. The largest absolute Gasteiger partial charge is 0.458 e. The van der Waals surface area contributed by atoms with Gasteiger partial charge in [0.2, 0.25) is 5.91 Å². The highest BCUT2D eigenvalue weighted by molar-refractivity contribution is 5.88. The van der Waals surface area contributed by atoms with Gasteiger partial charge in [-0.25, -0.2) is 0 Å². The predicted octanol–water partition coefficient (Wildman–Crippen LogP) is 2.05. The van der Waals surface area contributed by atoms with Crippen molar-refractivity contribution in [3.8, 4) is 0 Å². The minimum absolute atomic E-state index is 0.157. The van der Waals surface area contributed by atoms with Crippen molar-refractivity contribution in [3.05, 3.63) is 0 Å². The lowest BCUT2D eigenvalue weighted by atomic mass is 9.84. The fraction of sp³-hybridized carbons (Fsp3) is 0.889. The molecule has 0 aromatic rings. The van der Waals surface area contributed by atoms with Crippen LogP contribution in [0.1, 0.15) is 52.4 Å². The molecule has 0 N–H and O–H groups in total. The molecule has 130 valence electrons. The van der Waals surface area contributed by atoms with Gasteiger partial charge in [-0.2, -0.15) is 0 Å². The lowest BCUT2D eigenvalue weighted by molar-refractivity contribution is -0.151. The van der Waals surface area contributed by atoms with Crippen molar-refractivity contribution in [2.45, 2.75) is 58.0 Å². The summed E-state index contributed by atoms with van der Waals surface area (Å²) in [5.74, 6) is 0.389. The highest BCUT2D eigenvalue weighted by Gasteiger charge is 2.54. The topological polar surface area (TPSA) is 49.9 Å². The zero-order valence-corrected chi connectivity index (χ0v) is 14.6. The maximum absolute atomic E-state index is 13.1. The van der Waals surface area contributed by atoms with Gasteiger partial charge in [-0.05, 0) is 44.6 Å². The van der Waals surface area contributed by atoms with E-state index >= 15 is 0 Å². The van der Waals surface area contributed by atoms with Crippen LogP contribution in [0.15, 0.2) is 0 Å². The normalized spacial score (nSPS) is 28.4. The number of amides is 1. The van der Waals surface area contributed by atoms with Crippen LogP contribution >= 0.6 is 0 Å². The molecule has 1 atom stereocenters. The Morgan fingerprint density at radius 2 is 1.91 bits per heavy atom. The Balaban J connectivity index is 1.64. The number of hydrogen-bond acceptors (Lipinski definition) is 4. The summed E-state index contributed by atoms with van der Waals surface area (Å²) in [5, 5.41) is 0. The molecule has 2 saturated heterocycles. The molecule has 2 heterocycles. The Morgan fingerprint density at radius 1 is 1.17 bits per heavy atom. The Kier molecular flexibility index (Phi) is 4.95. The minimum Gasteiger partial charge on any atom is -0.458 e. The first-order valence-corrected chi connectivity index (χ1v) is 9.23. The summed E-state index contributed by atoms with van der Waals surface area (Å²) in [4.78, 5) is 29.4. The zero-order chi connectivity index (χ0) is 16.4. The van der Waals surface area contributed by atoms with Crippen molar-refractivity contribution in [2.75, 3.05) is 32.7 Å². The first-order valence-electron chi connectivity index (χ1n) is 9.23. The van der Waals surface area contributed by atoms with Gasteiger partial charge >= 0.3 is 5.97 Å². The average Bonchev–Trinajstić information content (AvgIpc) is 3.00. The summed E-state index contributed by atoms with van der Waals surface area (Å²) in [7, 11) is 0. The number of hydrogen-bond donors (Lipinski definition) is 0. The van der Waals surface area contributed by atoms with E-state index in [2.05, 4.69) is 18.7 Å². The SMILES string of the molecule is CC(C)CN1CCCN(C(=O)[C@@H]2CC(=O)OC23CCCC3)CC1. The minimum atomic E-state index is -0.474. The summed E-state index contributed by atoms with van der Waals surface area (Å²) >= 11 is 0. The molecule has 23 heavy (non-hydrogen) atoms. The van der Waals surface area contributed by atoms with Crippen molar-refractivity contribution in [1.29, 1.82) is 0 Å². The van der Waals surface area contributed by atoms with Crippen LogP contribution in [0.5, 0.6) is 0 Å². The van der Waals surface area contributed by atoms with Gasteiger partial charge in [0.1, 0.15) is 5.60 Å². The maximum Gasteiger partial charge on any atom is 0.307 e. The third kappa shape index (κ3) is 3.54. The van der Waals surface area contributed by atoms with Gasteiger partial charge in [0, 0.05) is 26.2 Å². The second-order valence-electron chi connectivity index (χ2n) is 7.88. The highest BCUT2D eigenvalue weighted by Crippen LogP contribution is 2.46. The van der Waals surface area contributed by atoms with Crippen LogP contribution in [-0.4, -0.2) is 60.0 Å². The summed E-state index contributed by atoms with van der Waals surface area (Å²) in [6, 6.07) is 0. The smallest absolute Gasteiger partial charge is 0.307 e. The van der Waals surface area contributed by atoms with Crippen LogP contribution in [0.25, 0.3) is 0 Å². The second kappa shape index (κ2) is 6.80. The molecule has 3 fully saturated rings. The maximum atomic E-state index is 13.1. The number of ether oxygens (including phenoxy) is 1. The van der Waals surface area contributed by atoms with Crippen molar-refractivity contribution in [3.63, 3.8) is 0 Å². The summed E-state index contributed by atoms with van der Waals surface area (Å²) < 4.78 is 5.64. The number of rotatable bonds is 3. The van der Waals surface area contributed by atoms with Gasteiger partial charge in [0.05, 0.1) is 12.3 Å². The molecule has 1 aliphatic carbocycles. The summed E-state index contributed by atoms with van der Waals surface area (Å²) in [5.41, 5.74) is -0.474. The fourth-order valence-electron chi connectivity index (χ4n) is 4.54. The number of carbonyl (C=O) groups is 2. The number of esters is 1. The van der Waals surface area contributed by atoms with E-state index in [9.17, 15) is 9.59 Å². The highest BCUT2D eigenvalue weighted by atomic mass is 16.6. The van der Waals surface area contributed by atoms with E-state index in [0.29, 0.717) is 5.92 Å². The molecule has 3 rings (SSSR count). The first kappa shape index (κ1) is 16.7. The molecule has 0 aromatic heterocycles. The first-order chi connectivity index (χ1) is 11.0. The Labute approximate surface area is 139 Å². The molecule has 0 bridgehead atoms. The van der Waals surface area contributed by atoms with E-state index in [-0.39, 0.29) is 24.2 Å².